The summed E-state index contributed by atoms with van der Waals surface area (Å²) in [5, 5.41) is 4.47. The molecule has 0 saturated heterocycles. The minimum atomic E-state index is -0.247. The lowest BCUT2D eigenvalue weighted by Crippen LogP contribution is -2.30. The zero-order chi connectivity index (χ0) is 21.7. The predicted molar refractivity (Wildman–Crippen MR) is 111 cm³/mol. The minimum absolute atomic E-state index is 0.144. The second kappa shape index (κ2) is 9.49. The highest BCUT2D eigenvalue weighted by Gasteiger charge is 2.22. The molecule has 0 radical (unpaired) electrons. The number of benzene rings is 2. The van der Waals surface area contributed by atoms with Crippen molar-refractivity contribution in [1.29, 1.82) is 0 Å². The molecule has 0 unspecified atom stereocenters. The summed E-state index contributed by atoms with van der Waals surface area (Å²) in [7, 11) is 4.62. The summed E-state index contributed by atoms with van der Waals surface area (Å²) in [6.45, 7) is 2.44. The molecule has 3 aromatic rings. The van der Waals surface area contributed by atoms with E-state index in [1.807, 2.05) is 6.92 Å². The quantitative estimate of drug-likeness (QED) is 0.531. The van der Waals surface area contributed by atoms with Crippen LogP contribution < -0.4 is 14.2 Å². The number of hydrogen-bond donors (Lipinski definition) is 0. The summed E-state index contributed by atoms with van der Waals surface area (Å²) in [6.07, 6.45) is 0. The van der Waals surface area contributed by atoms with Crippen molar-refractivity contribution < 1.29 is 23.5 Å². The van der Waals surface area contributed by atoms with Crippen LogP contribution in [0.2, 0.25) is 5.02 Å². The van der Waals surface area contributed by atoms with Gasteiger partial charge in [0.2, 0.25) is 11.7 Å². The first kappa shape index (κ1) is 21.4. The molecule has 0 aliphatic rings. The minimum Gasteiger partial charge on any atom is -0.496 e. The Morgan fingerprint density at radius 2 is 1.73 bits per heavy atom. The Morgan fingerprint density at radius 3 is 2.40 bits per heavy atom. The van der Waals surface area contributed by atoms with Crippen molar-refractivity contribution in [2.24, 2.45) is 0 Å². The average molecular weight is 432 g/mol. The van der Waals surface area contributed by atoms with E-state index in [1.54, 1.807) is 55.5 Å². The van der Waals surface area contributed by atoms with E-state index < -0.39 is 0 Å². The third-order valence-corrected chi connectivity index (χ3v) is 4.73. The van der Waals surface area contributed by atoms with Crippen molar-refractivity contribution >= 4 is 17.5 Å². The molecule has 1 amide bonds. The molecule has 0 aliphatic carbocycles. The maximum atomic E-state index is 13.0. The van der Waals surface area contributed by atoms with Gasteiger partial charge in [-0.1, -0.05) is 16.8 Å². The van der Waals surface area contributed by atoms with Gasteiger partial charge in [-0.2, -0.15) is 4.98 Å². The number of carbonyl (C=O) groups is 1. The van der Waals surface area contributed by atoms with E-state index in [0.29, 0.717) is 51.7 Å². The molecule has 2 aromatic carbocycles. The summed E-state index contributed by atoms with van der Waals surface area (Å²) in [4.78, 5) is 19.0. The number of amides is 1. The van der Waals surface area contributed by atoms with Gasteiger partial charge in [0.05, 0.1) is 26.9 Å². The highest BCUT2D eigenvalue weighted by atomic mass is 35.5. The van der Waals surface area contributed by atoms with Crippen LogP contribution in [0.15, 0.2) is 40.9 Å². The Morgan fingerprint density at radius 1 is 1.03 bits per heavy atom. The molecule has 30 heavy (non-hydrogen) atoms. The zero-order valence-electron chi connectivity index (χ0n) is 17.1. The van der Waals surface area contributed by atoms with Crippen molar-refractivity contribution in [1.82, 2.24) is 15.0 Å². The standard InChI is InChI=1S/C21H22ClN3O5/c1-5-25(21(26)15-11-14(22)7-9-16(15)27-2)12-19-23-20(24-30-19)13-6-8-17(28-3)18(10-13)29-4/h6-11H,5,12H2,1-4H3. The van der Waals surface area contributed by atoms with Crippen molar-refractivity contribution in [3.63, 3.8) is 0 Å². The van der Waals surface area contributed by atoms with Crippen LogP contribution >= 0.6 is 11.6 Å². The maximum absolute atomic E-state index is 13.0. The van der Waals surface area contributed by atoms with Gasteiger partial charge in [-0.25, -0.2) is 0 Å². The largest absolute Gasteiger partial charge is 0.496 e. The molecule has 1 heterocycles. The van der Waals surface area contributed by atoms with Gasteiger partial charge in [-0.15, -0.1) is 0 Å². The van der Waals surface area contributed by atoms with Crippen LogP contribution in [-0.4, -0.2) is 48.8 Å². The van der Waals surface area contributed by atoms with E-state index in [0.717, 1.165) is 0 Å². The van der Waals surface area contributed by atoms with Crippen LogP contribution in [0.25, 0.3) is 11.4 Å². The molecule has 0 atom stereocenters. The van der Waals surface area contributed by atoms with Crippen LogP contribution in [0.5, 0.6) is 17.2 Å². The Hall–Kier alpha value is -3.26. The van der Waals surface area contributed by atoms with E-state index in [4.69, 9.17) is 30.3 Å². The maximum Gasteiger partial charge on any atom is 0.258 e. The Balaban J connectivity index is 1.82. The molecule has 158 valence electrons. The van der Waals surface area contributed by atoms with E-state index in [2.05, 4.69) is 10.1 Å². The van der Waals surface area contributed by atoms with E-state index in [1.165, 1.54) is 7.11 Å². The van der Waals surface area contributed by atoms with Crippen LogP contribution in [0, 0.1) is 0 Å². The molecule has 1 aromatic heterocycles. The van der Waals surface area contributed by atoms with Crippen molar-refractivity contribution in [3.8, 4) is 28.6 Å². The second-order valence-corrected chi connectivity index (χ2v) is 6.68. The highest BCUT2D eigenvalue weighted by Crippen LogP contribution is 2.31. The predicted octanol–water partition coefficient (Wildman–Crippen LogP) is 4.08. The number of ether oxygens (including phenoxy) is 3. The molecule has 0 spiro atoms. The molecule has 9 heteroatoms. The zero-order valence-corrected chi connectivity index (χ0v) is 17.9. The first-order valence-electron chi connectivity index (χ1n) is 9.18. The number of hydrogen-bond acceptors (Lipinski definition) is 7. The number of methoxy groups -OCH3 is 3. The van der Waals surface area contributed by atoms with E-state index >= 15 is 0 Å². The highest BCUT2D eigenvalue weighted by molar-refractivity contribution is 6.31. The molecule has 0 fully saturated rings. The average Bonchev–Trinajstić information content (AvgIpc) is 3.25. The number of rotatable bonds is 8. The molecule has 0 aliphatic heterocycles. The fourth-order valence-corrected chi connectivity index (χ4v) is 3.09. The number of nitrogens with zero attached hydrogens (tertiary/aromatic N) is 3. The van der Waals surface area contributed by atoms with E-state index in [9.17, 15) is 4.79 Å². The normalized spacial score (nSPS) is 10.6. The van der Waals surface area contributed by atoms with Gasteiger partial charge in [0.25, 0.3) is 5.91 Å². The molecule has 0 bridgehead atoms. The number of carbonyl (C=O) groups excluding carboxylic acids is 1. The molecule has 8 nitrogen and oxygen atoms in total. The summed E-state index contributed by atoms with van der Waals surface area (Å²) in [5.74, 6) is 2.04. The molecule has 0 N–H and O–H groups in total. The summed E-state index contributed by atoms with van der Waals surface area (Å²) in [6, 6.07) is 10.2. The van der Waals surface area contributed by atoms with Gasteiger partial charge >= 0.3 is 0 Å². The second-order valence-electron chi connectivity index (χ2n) is 6.25. The summed E-state index contributed by atoms with van der Waals surface area (Å²) >= 11 is 6.06. The topological polar surface area (TPSA) is 86.9 Å². The van der Waals surface area contributed by atoms with Gasteiger partial charge in [0.1, 0.15) is 12.3 Å². The van der Waals surface area contributed by atoms with E-state index in [-0.39, 0.29) is 12.5 Å². The van der Waals surface area contributed by atoms with Crippen molar-refractivity contribution in [2.45, 2.75) is 13.5 Å². The Bertz CT molecular complexity index is 1040. The van der Waals surface area contributed by atoms with Gasteiger partial charge in [-0.05, 0) is 43.3 Å². The molecular weight excluding hydrogens is 410 g/mol. The van der Waals surface area contributed by atoms with Crippen LogP contribution in [-0.2, 0) is 6.54 Å². The van der Waals surface area contributed by atoms with Crippen LogP contribution in [0.3, 0.4) is 0 Å². The van der Waals surface area contributed by atoms with Crippen molar-refractivity contribution in [3.05, 3.63) is 52.9 Å². The summed E-state index contributed by atoms with van der Waals surface area (Å²) < 4.78 is 21.2. The summed E-state index contributed by atoms with van der Waals surface area (Å²) in [5.41, 5.74) is 1.07. The van der Waals surface area contributed by atoms with Crippen LogP contribution in [0.4, 0.5) is 0 Å². The van der Waals surface area contributed by atoms with Gasteiger partial charge in [0.15, 0.2) is 11.5 Å². The van der Waals surface area contributed by atoms with Gasteiger partial charge in [-0.3, -0.25) is 4.79 Å². The first-order chi connectivity index (χ1) is 14.5. The fraction of sp³-hybridized carbons (Fsp3) is 0.286. The number of halogens is 1. The lowest BCUT2D eigenvalue weighted by atomic mass is 10.1. The van der Waals surface area contributed by atoms with Gasteiger partial charge in [0, 0.05) is 17.1 Å². The van der Waals surface area contributed by atoms with Crippen molar-refractivity contribution in [2.75, 3.05) is 27.9 Å². The molecule has 3 rings (SSSR count). The number of aromatic nitrogens is 2. The Kier molecular flexibility index (Phi) is 6.79. The lowest BCUT2D eigenvalue weighted by molar-refractivity contribution is 0.0731. The molecule has 0 saturated carbocycles. The Labute approximate surface area is 179 Å². The fourth-order valence-electron chi connectivity index (χ4n) is 2.92. The third-order valence-electron chi connectivity index (χ3n) is 4.50. The molecular formula is C21H22ClN3O5. The van der Waals surface area contributed by atoms with Gasteiger partial charge < -0.3 is 23.6 Å². The monoisotopic (exact) mass is 431 g/mol. The lowest BCUT2D eigenvalue weighted by Gasteiger charge is -2.20. The first-order valence-corrected chi connectivity index (χ1v) is 9.56. The third kappa shape index (κ3) is 4.49. The SMILES string of the molecule is CCN(Cc1nc(-c2ccc(OC)c(OC)c2)no1)C(=O)c1cc(Cl)ccc1OC. The van der Waals surface area contributed by atoms with Crippen LogP contribution in [0.1, 0.15) is 23.2 Å². The smallest absolute Gasteiger partial charge is 0.258 e.